The molecule has 440 valence electrons. The molecule has 0 spiro atoms. The van der Waals surface area contributed by atoms with Crippen molar-refractivity contribution in [3.05, 3.63) is 191 Å². The van der Waals surface area contributed by atoms with Crippen LogP contribution in [0, 0.1) is 11.7 Å². The average Bonchev–Trinajstić information content (AvgIpc) is 3.57. The zero-order valence-corrected chi connectivity index (χ0v) is 46.7. The molecule has 0 aromatic heterocycles. The zero-order chi connectivity index (χ0) is 60.0. The molecule has 0 N–H and O–H groups in total. The highest BCUT2D eigenvalue weighted by Crippen LogP contribution is 2.34. The van der Waals surface area contributed by atoms with Gasteiger partial charge in [0.25, 0.3) is 0 Å². The van der Waals surface area contributed by atoms with E-state index in [1.165, 1.54) is 55.0 Å². The van der Waals surface area contributed by atoms with Crippen molar-refractivity contribution in [1.29, 1.82) is 0 Å². The topological polar surface area (TPSA) is 173 Å². The number of Topliss-reactive ketones (excluding diaryl/α,β-unsaturated/α-hetero) is 1. The number of fused-ring (bicyclic) bond motifs is 1. The van der Waals surface area contributed by atoms with Crippen LogP contribution in [0.4, 0.5) is 23.2 Å². The van der Waals surface area contributed by atoms with Crippen LogP contribution in [0.3, 0.4) is 0 Å². The predicted octanol–water partition coefficient (Wildman–Crippen LogP) is 13.8. The molecule has 7 rings (SSSR count). The van der Waals surface area contributed by atoms with Crippen molar-refractivity contribution in [2.24, 2.45) is 11.0 Å². The number of ether oxygens (including phenoxy) is 6. The molecule has 0 amide bonds. The van der Waals surface area contributed by atoms with E-state index in [1.54, 1.807) is 54.6 Å². The van der Waals surface area contributed by atoms with Crippen molar-refractivity contribution in [2.75, 3.05) is 31.4 Å². The number of aryl methyl sites for hydroxylation is 1. The number of ketones is 1. The van der Waals surface area contributed by atoms with E-state index >= 15 is 4.39 Å². The summed E-state index contributed by atoms with van der Waals surface area (Å²) >= 11 is 0. The second kappa shape index (κ2) is 30.9. The van der Waals surface area contributed by atoms with E-state index in [0.29, 0.717) is 60.2 Å². The molecule has 0 aliphatic heterocycles. The SMILES string of the molecule is C=CC(=O)OCCN(/N=C/c1c(OC(=O)c2ccc(CC(=O)c3ccc(OCCCCOC(=O)C(=C)C(F)(F)F)cc3)cc2)ccc(OC(=O)C2CCC(OC(=O)c3ccc(CCCCCCC)cc3)CC2)c1F)c1ccc2ccccc2c1. The molecule has 1 fully saturated rings. The van der Waals surface area contributed by atoms with E-state index in [-0.39, 0.29) is 61.9 Å². The van der Waals surface area contributed by atoms with Crippen molar-refractivity contribution >= 4 is 58.3 Å². The van der Waals surface area contributed by atoms with Crippen molar-refractivity contribution in [3.63, 3.8) is 0 Å². The first-order chi connectivity index (χ1) is 40.5. The van der Waals surface area contributed by atoms with Crippen LogP contribution in [-0.4, -0.2) is 80.5 Å². The first kappa shape index (κ1) is 62.7. The standard InChI is InChI=1S/C66H66F4N2O12/c1-4-6-7-8-9-14-45-17-21-49(22-18-45)63(76)82-55-33-28-51(29-34-55)65(78)84-59-36-35-58(56(61(59)67)43-71-72(37-40-80-60(74)5-2)53-30-25-47-15-10-11-16-52(47)42-53)83-64(77)50-23-19-46(20-24-50)41-57(73)48-26-31-54(32-27-48)79-38-12-13-39-81-62(75)44(3)66(68,69)70/h5,10-11,15-27,30-32,35-36,42-43,51,55H,2-4,6-9,12-14,28-29,33-34,37-41H2,1H3/b71-43+. The van der Waals surface area contributed by atoms with Crippen LogP contribution in [0.2, 0.25) is 0 Å². The lowest BCUT2D eigenvalue weighted by atomic mass is 9.87. The third kappa shape index (κ3) is 18.5. The van der Waals surface area contributed by atoms with Gasteiger partial charge in [0.1, 0.15) is 29.8 Å². The summed E-state index contributed by atoms with van der Waals surface area (Å²) in [6.45, 7) is 8.12. The third-order valence-corrected chi connectivity index (χ3v) is 14.0. The van der Waals surface area contributed by atoms with Crippen LogP contribution in [0.15, 0.2) is 157 Å². The first-order valence-electron chi connectivity index (χ1n) is 27.9. The highest BCUT2D eigenvalue weighted by molar-refractivity contribution is 5.98. The number of unbranched alkanes of at least 4 members (excludes halogenated alkanes) is 5. The number of esters is 5. The van der Waals surface area contributed by atoms with Gasteiger partial charge in [-0.1, -0.05) is 100 Å². The van der Waals surface area contributed by atoms with Gasteiger partial charge in [-0.2, -0.15) is 18.3 Å². The number of hydrazone groups is 1. The van der Waals surface area contributed by atoms with Gasteiger partial charge in [-0.05, 0) is 146 Å². The number of alkyl halides is 3. The van der Waals surface area contributed by atoms with E-state index < -0.39 is 65.2 Å². The number of carbonyl (C=O) groups excluding carboxylic acids is 6. The normalized spacial score (nSPS) is 14.1. The van der Waals surface area contributed by atoms with Crippen LogP contribution in [-0.2, 0) is 41.4 Å². The summed E-state index contributed by atoms with van der Waals surface area (Å²) in [5.74, 6) is -6.46. The molecule has 0 heterocycles. The number of rotatable bonds is 29. The summed E-state index contributed by atoms with van der Waals surface area (Å²) in [6, 6.07) is 35.4. The lowest BCUT2D eigenvalue weighted by Crippen LogP contribution is -2.30. The number of nitrogens with zero attached hydrogens (tertiary/aromatic N) is 2. The number of halogens is 4. The minimum Gasteiger partial charge on any atom is -0.494 e. The molecule has 6 aromatic rings. The maximum absolute atomic E-state index is 17.0. The average molecular weight is 1160 g/mol. The Kier molecular flexibility index (Phi) is 23.1. The Morgan fingerprint density at radius 2 is 1.31 bits per heavy atom. The molecule has 84 heavy (non-hydrogen) atoms. The minimum atomic E-state index is -4.87. The number of carbonyl (C=O) groups is 6. The van der Waals surface area contributed by atoms with E-state index in [2.05, 4.69) is 29.9 Å². The monoisotopic (exact) mass is 1150 g/mol. The zero-order valence-electron chi connectivity index (χ0n) is 46.7. The Balaban J connectivity index is 1.000. The molecular weight excluding hydrogens is 1090 g/mol. The van der Waals surface area contributed by atoms with Crippen LogP contribution in [0.5, 0.6) is 17.2 Å². The molecular formula is C66H66F4N2O12. The van der Waals surface area contributed by atoms with Crippen LogP contribution < -0.4 is 19.2 Å². The van der Waals surface area contributed by atoms with E-state index in [4.69, 9.17) is 23.7 Å². The van der Waals surface area contributed by atoms with Gasteiger partial charge in [0.15, 0.2) is 17.3 Å². The van der Waals surface area contributed by atoms with Gasteiger partial charge in [-0.15, -0.1) is 0 Å². The second-order valence-corrected chi connectivity index (χ2v) is 20.1. The molecule has 0 radical (unpaired) electrons. The minimum absolute atomic E-state index is 0.000907. The Bertz CT molecular complexity index is 3300. The van der Waals surface area contributed by atoms with Crippen molar-refractivity contribution in [2.45, 2.75) is 103 Å². The number of hydrogen-bond donors (Lipinski definition) is 0. The number of hydrogen-bond acceptors (Lipinski definition) is 14. The lowest BCUT2D eigenvalue weighted by Gasteiger charge is -2.27. The van der Waals surface area contributed by atoms with Crippen molar-refractivity contribution in [1.82, 2.24) is 0 Å². The summed E-state index contributed by atoms with van der Waals surface area (Å²) in [7, 11) is 0. The quantitative estimate of drug-likeness (QED) is 0.00500. The summed E-state index contributed by atoms with van der Waals surface area (Å²) in [5.41, 5.74) is 1.21. The van der Waals surface area contributed by atoms with Crippen molar-refractivity contribution in [3.8, 4) is 17.2 Å². The molecule has 18 heteroatoms. The molecule has 6 aromatic carbocycles. The van der Waals surface area contributed by atoms with E-state index in [9.17, 15) is 41.9 Å². The largest absolute Gasteiger partial charge is 0.494 e. The molecule has 0 unspecified atom stereocenters. The number of benzene rings is 6. The van der Waals surface area contributed by atoms with Crippen LogP contribution in [0.25, 0.3) is 10.8 Å². The molecule has 1 aliphatic rings. The Hall–Kier alpha value is -8.93. The Morgan fingerprint density at radius 1 is 0.667 bits per heavy atom. The molecule has 14 nitrogen and oxygen atoms in total. The maximum Gasteiger partial charge on any atom is 0.422 e. The van der Waals surface area contributed by atoms with Gasteiger partial charge in [-0.3, -0.25) is 14.6 Å². The smallest absolute Gasteiger partial charge is 0.422 e. The summed E-state index contributed by atoms with van der Waals surface area (Å²) in [4.78, 5) is 77.3. The molecule has 0 saturated heterocycles. The van der Waals surface area contributed by atoms with Crippen molar-refractivity contribution < 1.29 is 74.8 Å². The molecule has 1 saturated carbocycles. The lowest BCUT2D eigenvalue weighted by molar-refractivity contribution is -0.151. The maximum atomic E-state index is 17.0. The second-order valence-electron chi connectivity index (χ2n) is 20.1. The van der Waals surface area contributed by atoms with Gasteiger partial charge in [0, 0.05) is 18.1 Å². The van der Waals surface area contributed by atoms with Gasteiger partial charge < -0.3 is 28.4 Å². The van der Waals surface area contributed by atoms with Crippen LogP contribution in [0.1, 0.15) is 125 Å². The number of anilines is 1. The predicted molar refractivity (Wildman–Crippen MR) is 309 cm³/mol. The summed E-state index contributed by atoms with van der Waals surface area (Å²) < 4.78 is 87.6. The van der Waals surface area contributed by atoms with Crippen LogP contribution >= 0.6 is 0 Å². The fourth-order valence-corrected chi connectivity index (χ4v) is 9.12. The summed E-state index contributed by atoms with van der Waals surface area (Å²) in [5, 5.41) is 7.85. The van der Waals surface area contributed by atoms with Gasteiger partial charge in [-0.25, -0.2) is 23.6 Å². The third-order valence-electron chi connectivity index (χ3n) is 14.0. The Morgan fingerprint density at radius 3 is 2.00 bits per heavy atom. The van der Waals surface area contributed by atoms with E-state index in [1.807, 2.05) is 48.5 Å². The van der Waals surface area contributed by atoms with Gasteiger partial charge >= 0.3 is 36.0 Å². The highest BCUT2D eigenvalue weighted by atomic mass is 19.4. The molecule has 1 aliphatic carbocycles. The van der Waals surface area contributed by atoms with Gasteiger partial charge in [0.2, 0.25) is 0 Å². The highest BCUT2D eigenvalue weighted by Gasteiger charge is 2.38. The summed E-state index contributed by atoms with van der Waals surface area (Å²) in [6.07, 6.45) is 5.67. The fourth-order valence-electron chi connectivity index (χ4n) is 9.12. The fraction of sp³-hybridized carbons (Fsp3) is 0.318. The first-order valence-corrected chi connectivity index (χ1v) is 27.9. The Labute approximate surface area is 485 Å². The molecule has 0 bridgehead atoms. The van der Waals surface area contributed by atoms with Gasteiger partial charge in [0.05, 0.1) is 54.3 Å². The van der Waals surface area contributed by atoms with E-state index in [0.717, 1.165) is 41.5 Å². The molecule has 0 atom stereocenters.